The molecular formula is C21H29N2O4S+. The lowest BCUT2D eigenvalue weighted by atomic mass is 10.1. The van der Waals surface area contributed by atoms with E-state index in [1.807, 2.05) is 0 Å². The van der Waals surface area contributed by atoms with E-state index in [-0.39, 0.29) is 11.4 Å². The molecule has 1 aliphatic rings. The van der Waals surface area contributed by atoms with Gasteiger partial charge < -0.3 is 14.7 Å². The molecule has 0 bridgehead atoms. The van der Waals surface area contributed by atoms with E-state index in [4.69, 9.17) is 4.74 Å². The number of anilines is 1. The van der Waals surface area contributed by atoms with Gasteiger partial charge in [-0.25, -0.2) is 8.42 Å². The van der Waals surface area contributed by atoms with E-state index in [0.717, 1.165) is 25.9 Å². The van der Waals surface area contributed by atoms with Crippen molar-refractivity contribution >= 4 is 15.7 Å². The highest BCUT2D eigenvalue weighted by atomic mass is 32.2. The number of nitrogens with one attached hydrogen (secondary N) is 1. The molecule has 0 spiro atoms. The first-order valence-corrected chi connectivity index (χ1v) is 11.2. The Balaban J connectivity index is 1.85. The number of methoxy groups -OCH3 is 1. The van der Waals surface area contributed by atoms with Crippen molar-refractivity contribution in [3.8, 4) is 5.75 Å². The van der Waals surface area contributed by atoms with Crippen molar-refractivity contribution in [2.75, 3.05) is 37.6 Å². The largest absolute Gasteiger partial charge is 0.497 e. The average Bonchev–Trinajstić information content (AvgIpc) is 2.73. The van der Waals surface area contributed by atoms with Gasteiger partial charge in [0.15, 0.2) is 0 Å². The highest BCUT2D eigenvalue weighted by molar-refractivity contribution is 7.92. The molecule has 1 saturated heterocycles. The SMILES string of the molecule is COc1ccc(N(CC(O)C[NH+]2CCCCC2)S(=O)(=O)c2ccccc2)cc1. The molecule has 28 heavy (non-hydrogen) atoms. The fourth-order valence-electron chi connectivity index (χ4n) is 3.66. The molecule has 0 aromatic heterocycles. The van der Waals surface area contributed by atoms with Crippen LogP contribution in [0.2, 0.25) is 0 Å². The minimum Gasteiger partial charge on any atom is -0.497 e. The average molecular weight is 406 g/mol. The number of nitrogens with zero attached hydrogens (tertiary/aromatic N) is 1. The van der Waals surface area contributed by atoms with E-state index in [1.165, 1.54) is 15.6 Å². The third-order valence-corrected chi connectivity index (χ3v) is 6.96. The Labute approximate surface area is 167 Å². The molecule has 1 aliphatic heterocycles. The fourth-order valence-corrected chi connectivity index (χ4v) is 5.18. The van der Waals surface area contributed by atoms with E-state index in [9.17, 15) is 13.5 Å². The number of sulfonamides is 1. The summed E-state index contributed by atoms with van der Waals surface area (Å²) in [5.74, 6) is 0.652. The second kappa shape index (κ2) is 9.41. The van der Waals surface area contributed by atoms with Crippen LogP contribution in [0.5, 0.6) is 5.75 Å². The van der Waals surface area contributed by atoms with Crippen LogP contribution in [0.3, 0.4) is 0 Å². The van der Waals surface area contributed by atoms with Gasteiger partial charge in [0.25, 0.3) is 10.0 Å². The van der Waals surface area contributed by atoms with Crippen LogP contribution in [0.15, 0.2) is 59.5 Å². The highest BCUT2D eigenvalue weighted by Gasteiger charge is 2.29. The van der Waals surface area contributed by atoms with Gasteiger partial charge in [0, 0.05) is 0 Å². The third-order valence-electron chi connectivity index (χ3n) is 5.15. The molecule has 1 unspecified atom stereocenters. The Morgan fingerprint density at radius 2 is 1.68 bits per heavy atom. The monoisotopic (exact) mass is 405 g/mol. The van der Waals surface area contributed by atoms with Crippen LogP contribution in [0.25, 0.3) is 0 Å². The topological polar surface area (TPSA) is 71.3 Å². The van der Waals surface area contributed by atoms with E-state index >= 15 is 0 Å². The van der Waals surface area contributed by atoms with Gasteiger partial charge in [-0.1, -0.05) is 18.2 Å². The molecule has 0 aliphatic carbocycles. The first kappa shape index (κ1) is 20.6. The summed E-state index contributed by atoms with van der Waals surface area (Å²) in [6, 6.07) is 15.2. The summed E-state index contributed by atoms with van der Waals surface area (Å²) in [4.78, 5) is 1.55. The molecule has 0 amide bonds. The Morgan fingerprint density at radius 1 is 1.04 bits per heavy atom. The van der Waals surface area contributed by atoms with Crippen molar-refractivity contribution in [1.29, 1.82) is 0 Å². The zero-order valence-electron chi connectivity index (χ0n) is 16.3. The second-order valence-corrected chi connectivity index (χ2v) is 9.08. The molecule has 2 aromatic rings. The molecule has 1 heterocycles. The van der Waals surface area contributed by atoms with Gasteiger partial charge in [-0.05, 0) is 55.7 Å². The van der Waals surface area contributed by atoms with Crippen LogP contribution in [-0.2, 0) is 10.0 Å². The number of aliphatic hydroxyl groups is 1. The van der Waals surface area contributed by atoms with Gasteiger partial charge in [-0.15, -0.1) is 0 Å². The van der Waals surface area contributed by atoms with Gasteiger partial charge in [0.1, 0.15) is 18.4 Å². The number of hydrogen-bond acceptors (Lipinski definition) is 4. The summed E-state index contributed by atoms with van der Waals surface area (Å²) in [5, 5.41) is 10.7. The first-order valence-electron chi connectivity index (χ1n) is 9.74. The summed E-state index contributed by atoms with van der Waals surface area (Å²) in [7, 11) is -2.22. The maximum atomic E-state index is 13.3. The lowest BCUT2D eigenvalue weighted by molar-refractivity contribution is -0.907. The molecule has 2 aromatic carbocycles. The van der Waals surface area contributed by atoms with E-state index < -0.39 is 16.1 Å². The lowest BCUT2D eigenvalue weighted by Gasteiger charge is -2.30. The molecule has 2 N–H and O–H groups in total. The Bertz CT molecular complexity index is 834. The summed E-state index contributed by atoms with van der Waals surface area (Å²) >= 11 is 0. The van der Waals surface area contributed by atoms with Crippen molar-refractivity contribution in [1.82, 2.24) is 0 Å². The number of piperidine rings is 1. The standard InChI is InChI=1S/C21H28N2O4S/c1-27-20-12-10-18(11-13-20)23(28(25,26)21-8-4-2-5-9-21)17-19(24)16-22-14-6-3-7-15-22/h2,4-5,8-13,19,24H,3,6-7,14-17H2,1H3/p+1. The molecule has 3 rings (SSSR count). The number of likely N-dealkylation sites (tertiary alicyclic amines) is 1. The molecule has 0 saturated carbocycles. The molecule has 6 nitrogen and oxygen atoms in total. The van der Waals surface area contributed by atoms with Crippen molar-refractivity contribution < 1.29 is 23.2 Å². The van der Waals surface area contributed by atoms with Crippen LogP contribution in [0.4, 0.5) is 5.69 Å². The summed E-state index contributed by atoms with van der Waals surface area (Å²) in [6.45, 7) is 2.64. The maximum absolute atomic E-state index is 13.3. The fraction of sp³-hybridized carbons (Fsp3) is 0.429. The van der Waals surface area contributed by atoms with Crippen LogP contribution in [0, 0.1) is 0 Å². The number of hydrogen-bond donors (Lipinski definition) is 2. The lowest BCUT2D eigenvalue weighted by Crippen LogP contribution is -3.14. The van der Waals surface area contributed by atoms with E-state index in [2.05, 4.69) is 0 Å². The molecule has 0 radical (unpaired) electrons. The Kier molecular flexibility index (Phi) is 6.93. The van der Waals surface area contributed by atoms with Crippen molar-refractivity contribution in [3.05, 3.63) is 54.6 Å². The normalized spacial score (nSPS) is 16.5. The van der Waals surface area contributed by atoms with Gasteiger partial charge in [0.05, 0.1) is 37.3 Å². The number of rotatable bonds is 8. The highest BCUT2D eigenvalue weighted by Crippen LogP contribution is 2.26. The zero-order valence-corrected chi connectivity index (χ0v) is 17.1. The zero-order chi connectivity index (χ0) is 20.0. The van der Waals surface area contributed by atoms with E-state index in [0.29, 0.717) is 18.0 Å². The van der Waals surface area contributed by atoms with Gasteiger partial charge in [-0.2, -0.15) is 0 Å². The van der Waals surface area contributed by atoms with Crippen LogP contribution >= 0.6 is 0 Å². The van der Waals surface area contributed by atoms with Crippen molar-refractivity contribution in [2.45, 2.75) is 30.3 Å². The summed E-state index contributed by atoms with van der Waals surface area (Å²) in [6.07, 6.45) is 2.81. The first-order chi connectivity index (χ1) is 13.5. The molecule has 7 heteroatoms. The number of aliphatic hydroxyl groups excluding tert-OH is 1. The summed E-state index contributed by atoms with van der Waals surface area (Å²) in [5.41, 5.74) is 0.511. The molecular weight excluding hydrogens is 376 g/mol. The quantitative estimate of drug-likeness (QED) is 0.695. The Morgan fingerprint density at radius 3 is 2.29 bits per heavy atom. The van der Waals surface area contributed by atoms with Crippen molar-refractivity contribution in [2.24, 2.45) is 0 Å². The third kappa shape index (κ3) is 5.04. The van der Waals surface area contributed by atoms with Crippen LogP contribution in [-0.4, -0.2) is 52.9 Å². The minimum atomic E-state index is -3.79. The smallest absolute Gasteiger partial charge is 0.264 e. The predicted octanol–water partition coefficient (Wildman–Crippen LogP) is 1.32. The predicted molar refractivity (Wildman–Crippen MR) is 109 cm³/mol. The number of ether oxygens (including phenoxy) is 1. The van der Waals surface area contributed by atoms with Gasteiger partial charge >= 0.3 is 0 Å². The Hall–Kier alpha value is -2.09. The molecule has 152 valence electrons. The van der Waals surface area contributed by atoms with E-state index in [1.54, 1.807) is 61.7 Å². The number of quaternary nitrogens is 1. The minimum absolute atomic E-state index is 0.0209. The van der Waals surface area contributed by atoms with Gasteiger partial charge in [0.2, 0.25) is 0 Å². The molecule has 1 atom stereocenters. The van der Waals surface area contributed by atoms with Crippen LogP contribution in [0.1, 0.15) is 19.3 Å². The second-order valence-electron chi connectivity index (χ2n) is 7.22. The summed E-state index contributed by atoms with van der Waals surface area (Å²) < 4.78 is 33.1. The van der Waals surface area contributed by atoms with Gasteiger partial charge in [-0.3, -0.25) is 4.31 Å². The van der Waals surface area contributed by atoms with Crippen molar-refractivity contribution in [3.63, 3.8) is 0 Å². The maximum Gasteiger partial charge on any atom is 0.264 e. The number of benzene rings is 2. The molecule has 1 fully saturated rings. The van der Waals surface area contributed by atoms with Crippen LogP contribution < -0.4 is 13.9 Å².